The molecule has 0 saturated heterocycles. The third kappa shape index (κ3) is 4.91. The van der Waals surface area contributed by atoms with E-state index in [1.54, 1.807) is 12.1 Å². The Kier molecular flexibility index (Phi) is 7.16. The summed E-state index contributed by atoms with van der Waals surface area (Å²) in [5, 5.41) is 3.18. The highest BCUT2D eigenvalue weighted by molar-refractivity contribution is 7.91. The van der Waals surface area contributed by atoms with Crippen molar-refractivity contribution in [1.82, 2.24) is 4.90 Å². The van der Waals surface area contributed by atoms with E-state index in [4.69, 9.17) is 4.74 Å². The van der Waals surface area contributed by atoms with Gasteiger partial charge in [0.2, 0.25) is 0 Å². The number of nitrogens with zero attached hydrogens (tertiary/aromatic N) is 1. The molecule has 34 heavy (non-hydrogen) atoms. The van der Waals surface area contributed by atoms with Crippen LogP contribution in [-0.2, 0) is 34.1 Å². The summed E-state index contributed by atoms with van der Waals surface area (Å²) in [5.74, 6) is -1.20. The lowest BCUT2D eigenvalue weighted by Crippen LogP contribution is -2.29. The standard InChI is InChI=1S/C25H26N2O5S2/c1-3-34(30,31)21-12-8-7-11-19(21)23(28)26-24-22(25(29)32-2)18-13-14-27(16-20(18)33-24)15-17-9-5-4-6-10-17/h4-12H,3,13-16H2,1-2H3,(H,26,28). The largest absolute Gasteiger partial charge is 0.465 e. The lowest BCUT2D eigenvalue weighted by Gasteiger charge is -2.27. The van der Waals surface area contributed by atoms with Crippen LogP contribution in [0.2, 0.25) is 0 Å². The maximum Gasteiger partial charge on any atom is 0.341 e. The van der Waals surface area contributed by atoms with Crippen LogP contribution in [0.1, 0.15) is 43.6 Å². The van der Waals surface area contributed by atoms with Crippen LogP contribution in [0.15, 0.2) is 59.5 Å². The summed E-state index contributed by atoms with van der Waals surface area (Å²) in [6.45, 7) is 3.74. The lowest BCUT2D eigenvalue weighted by molar-refractivity contribution is 0.0600. The van der Waals surface area contributed by atoms with Gasteiger partial charge in [0.1, 0.15) is 5.00 Å². The molecule has 0 aliphatic carbocycles. The minimum absolute atomic E-state index is 0.0232. The molecule has 0 atom stereocenters. The number of hydrogen-bond donors (Lipinski definition) is 1. The highest BCUT2D eigenvalue weighted by Gasteiger charge is 2.30. The van der Waals surface area contributed by atoms with E-state index in [0.29, 0.717) is 23.5 Å². The van der Waals surface area contributed by atoms with Crippen molar-refractivity contribution in [3.05, 3.63) is 81.7 Å². The summed E-state index contributed by atoms with van der Waals surface area (Å²) < 4.78 is 30.0. The van der Waals surface area contributed by atoms with E-state index in [-0.39, 0.29) is 16.2 Å². The molecule has 1 aromatic heterocycles. The molecule has 4 rings (SSSR count). The van der Waals surface area contributed by atoms with Gasteiger partial charge in [-0.25, -0.2) is 13.2 Å². The van der Waals surface area contributed by atoms with Crippen molar-refractivity contribution < 1.29 is 22.7 Å². The Labute approximate surface area is 203 Å². The van der Waals surface area contributed by atoms with Crippen molar-refractivity contribution in [3.8, 4) is 0 Å². The number of fused-ring (bicyclic) bond motifs is 1. The first-order valence-electron chi connectivity index (χ1n) is 11.0. The first kappa shape index (κ1) is 24.1. The molecule has 0 fully saturated rings. The van der Waals surface area contributed by atoms with Crippen LogP contribution in [0.5, 0.6) is 0 Å². The van der Waals surface area contributed by atoms with Crippen LogP contribution in [0.25, 0.3) is 0 Å². The lowest BCUT2D eigenvalue weighted by atomic mass is 10.0. The number of sulfone groups is 1. The maximum atomic E-state index is 13.1. The van der Waals surface area contributed by atoms with Crippen LogP contribution in [0, 0.1) is 0 Å². The van der Waals surface area contributed by atoms with Crippen LogP contribution in [0.3, 0.4) is 0 Å². The second kappa shape index (κ2) is 10.1. The Morgan fingerprint density at radius 1 is 1.09 bits per heavy atom. The number of ether oxygens (including phenoxy) is 1. The van der Waals surface area contributed by atoms with E-state index in [9.17, 15) is 18.0 Å². The van der Waals surface area contributed by atoms with E-state index < -0.39 is 21.7 Å². The molecule has 0 radical (unpaired) electrons. The van der Waals surface area contributed by atoms with Crippen LogP contribution in [-0.4, -0.2) is 44.6 Å². The van der Waals surface area contributed by atoms with Gasteiger partial charge < -0.3 is 10.1 Å². The Morgan fingerprint density at radius 2 is 1.79 bits per heavy atom. The molecule has 178 valence electrons. The number of esters is 1. The second-order valence-electron chi connectivity index (χ2n) is 8.00. The molecule has 1 aliphatic heterocycles. The van der Waals surface area contributed by atoms with Crippen molar-refractivity contribution in [2.75, 3.05) is 24.7 Å². The number of thiophene rings is 1. The van der Waals surface area contributed by atoms with Gasteiger partial charge in [-0.05, 0) is 29.7 Å². The number of amides is 1. The predicted molar refractivity (Wildman–Crippen MR) is 132 cm³/mol. The number of methoxy groups -OCH3 is 1. The second-order valence-corrected chi connectivity index (χ2v) is 11.4. The van der Waals surface area contributed by atoms with Crippen LogP contribution < -0.4 is 5.32 Å². The fraction of sp³-hybridized carbons (Fsp3) is 0.280. The number of rotatable bonds is 7. The maximum absolute atomic E-state index is 13.1. The summed E-state index contributed by atoms with van der Waals surface area (Å²) in [4.78, 5) is 29.1. The van der Waals surface area contributed by atoms with Crippen molar-refractivity contribution in [2.24, 2.45) is 0 Å². The number of carbonyl (C=O) groups is 2. The van der Waals surface area contributed by atoms with Gasteiger partial charge in [0, 0.05) is 24.5 Å². The fourth-order valence-electron chi connectivity index (χ4n) is 4.09. The summed E-state index contributed by atoms with van der Waals surface area (Å²) in [5.41, 5.74) is 2.49. The van der Waals surface area contributed by atoms with E-state index in [0.717, 1.165) is 23.5 Å². The number of nitrogens with one attached hydrogen (secondary N) is 1. The molecule has 2 aromatic carbocycles. The Bertz CT molecular complexity index is 1320. The van der Waals surface area contributed by atoms with E-state index >= 15 is 0 Å². The zero-order valence-corrected chi connectivity index (χ0v) is 20.7. The van der Waals surface area contributed by atoms with Crippen LogP contribution >= 0.6 is 11.3 Å². The molecule has 9 heteroatoms. The average molecular weight is 499 g/mol. The summed E-state index contributed by atoms with van der Waals surface area (Å²) in [6.07, 6.45) is 0.653. The molecule has 1 N–H and O–H groups in total. The molecular formula is C25H26N2O5S2. The molecule has 1 aliphatic rings. The zero-order chi connectivity index (χ0) is 24.3. The Balaban J connectivity index is 1.64. The number of hydrogen-bond acceptors (Lipinski definition) is 7. The molecule has 0 saturated carbocycles. The van der Waals surface area contributed by atoms with Gasteiger partial charge in [-0.3, -0.25) is 9.69 Å². The van der Waals surface area contributed by atoms with Gasteiger partial charge in [-0.2, -0.15) is 0 Å². The highest BCUT2D eigenvalue weighted by Crippen LogP contribution is 2.38. The molecular weight excluding hydrogens is 472 g/mol. The fourth-order valence-corrected chi connectivity index (χ4v) is 6.46. The van der Waals surface area contributed by atoms with Gasteiger partial charge in [-0.15, -0.1) is 11.3 Å². The van der Waals surface area contributed by atoms with Crippen molar-refractivity contribution in [2.45, 2.75) is 31.3 Å². The number of benzene rings is 2. The topological polar surface area (TPSA) is 92.8 Å². The molecule has 1 amide bonds. The third-order valence-electron chi connectivity index (χ3n) is 5.85. The molecule has 0 unspecified atom stereocenters. The smallest absolute Gasteiger partial charge is 0.341 e. The first-order chi connectivity index (χ1) is 16.3. The van der Waals surface area contributed by atoms with Gasteiger partial charge in [0.25, 0.3) is 5.91 Å². The van der Waals surface area contributed by atoms with Gasteiger partial charge in [-0.1, -0.05) is 49.4 Å². The van der Waals surface area contributed by atoms with Gasteiger partial charge in [0.05, 0.1) is 28.9 Å². The molecule has 0 bridgehead atoms. The number of carbonyl (C=O) groups excluding carboxylic acids is 2. The molecule has 7 nitrogen and oxygen atoms in total. The van der Waals surface area contributed by atoms with Gasteiger partial charge in [0.15, 0.2) is 9.84 Å². The molecule has 0 spiro atoms. The molecule has 3 aromatic rings. The quantitative estimate of drug-likeness (QED) is 0.492. The minimum atomic E-state index is -3.59. The van der Waals surface area contributed by atoms with Crippen molar-refractivity contribution >= 4 is 38.1 Å². The number of anilines is 1. The van der Waals surface area contributed by atoms with E-state index in [1.807, 2.05) is 18.2 Å². The predicted octanol–water partition coefficient (Wildman–Crippen LogP) is 4.14. The Morgan fingerprint density at radius 3 is 2.50 bits per heavy atom. The molecule has 2 heterocycles. The first-order valence-corrected chi connectivity index (χ1v) is 13.4. The summed E-state index contributed by atoms with van der Waals surface area (Å²) in [7, 11) is -2.28. The van der Waals surface area contributed by atoms with Crippen molar-refractivity contribution in [1.29, 1.82) is 0 Å². The summed E-state index contributed by atoms with van der Waals surface area (Å²) >= 11 is 1.34. The monoisotopic (exact) mass is 498 g/mol. The minimum Gasteiger partial charge on any atom is -0.465 e. The normalized spacial score (nSPS) is 13.8. The third-order valence-corrected chi connectivity index (χ3v) is 8.77. The van der Waals surface area contributed by atoms with Crippen molar-refractivity contribution in [3.63, 3.8) is 0 Å². The van der Waals surface area contributed by atoms with E-state index in [1.165, 1.54) is 43.1 Å². The van der Waals surface area contributed by atoms with E-state index in [2.05, 4.69) is 22.3 Å². The summed E-state index contributed by atoms with van der Waals surface area (Å²) in [6, 6.07) is 16.3. The van der Waals surface area contributed by atoms with Gasteiger partial charge >= 0.3 is 5.97 Å². The zero-order valence-electron chi connectivity index (χ0n) is 19.0. The SMILES string of the molecule is CCS(=O)(=O)c1ccccc1C(=O)Nc1sc2c(c1C(=O)OC)CCN(Cc1ccccc1)C2. The Hall–Kier alpha value is -3.01. The highest BCUT2D eigenvalue weighted by atomic mass is 32.2. The average Bonchev–Trinajstić information content (AvgIpc) is 3.21. The van der Waals surface area contributed by atoms with Crippen LogP contribution in [0.4, 0.5) is 5.00 Å².